The molecule has 0 aromatic heterocycles. The summed E-state index contributed by atoms with van der Waals surface area (Å²) in [5.41, 5.74) is 0. The summed E-state index contributed by atoms with van der Waals surface area (Å²) in [7, 11) is 0. The van der Waals surface area contributed by atoms with E-state index in [0.29, 0.717) is 44.7 Å². The first kappa shape index (κ1) is 33.1. The molecule has 5 unspecified atom stereocenters. The third-order valence-corrected chi connectivity index (χ3v) is 8.19. The number of ether oxygens (including phenoxy) is 2. The molecule has 8 nitrogen and oxygen atoms in total. The van der Waals surface area contributed by atoms with Crippen LogP contribution in [0.5, 0.6) is 0 Å². The maximum Gasteiger partial charge on any atom is 0.312 e. The van der Waals surface area contributed by atoms with Gasteiger partial charge < -0.3 is 19.3 Å². The number of esters is 2. The topological polar surface area (TPSA) is 93.2 Å². The Hall–Kier alpha value is -2.12. The second-order valence-electron chi connectivity index (χ2n) is 13.2. The lowest BCUT2D eigenvalue weighted by Gasteiger charge is -2.43. The monoisotopic (exact) mass is 550 g/mol. The molecule has 0 N–H and O–H groups in total. The van der Waals surface area contributed by atoms with Crippen LogP contribution in [0.25, 0.3) is 0 Å². The van der Waals surface area contributed by atoms with Crippen molar-refractivity contribution in [2.75, 3.05) is 19.7 Å². The molecule has 8 heteroatoms. The Morgan fingerprint density at radius 3 is 1.49 bits per heavy atom. The van der Waals surface area contributed by atoms with Crippen molar-refractivity contribution < 1.29 is 28.7 Å². The van der Waals surface area contributed by atoms with Crippen LogP contribution in [0.3, 0.4) is 0 Å². The second kappa shape index (κ2) is 15.0. The minimum atomic E-state index is -0.934. The van der Waals surface area contributed by atoms with E-state index in [9.17, 15) is 19.2 Å². The van der Waals surface area contributed by atoms with E-state index in [4.69, 9.17) is 9.47 Å². The molecule has 0 bridgehead atoms. The van der Waals surface area contributed by atoms with Crippen LogP contribution in [0.4, 0.5) is 0 Å². The summed E-state index contributed by atoms with van der Waals surface area (Å²) in [5.74, 6) is -2.02. The van der Waals surface area contributed by atoms with Gasteiger partial charge in [0.25, 0.3) is 0 Å². The van der Waals surface area contributed by atoms with Crippen molar-refractivity contribution in [2.45, 2.75) is 119 Å². The largest absolute Gasteiger partial charge is 0.465 e. The molecule has 0 radical (unpaired) electrons. The molecule has 2 amide bonds. The summed E-state index contributed by atoms with van der Waals surface area (Å²) in [6.45, 7) is 19.4. The quantitative estimate of drug-likeness (QED) is 0.264. The van der Waals surface area contributed by atoms with Gasteiger partial charge in [-0.3, -0.25) is 19.2 Å². The van der Waals surface area contributed by atoms with Crippen molar-refractivity contribution in [3.05, 3.63) is 0 Å². The van der Waals surface area contributed by atoms with E-state index < -0.39 is 35.9 Å². The van der Waals surface area contributed by atoms with E-state index in [1.807, 2.05) is 6.92 Å². The van der Waals surface area contributed by atoms with E-state index in [-0.39, 0.29) is 42.3 Å². The van der Waals surface area contributed by atoms with Crippen molar-refractivity contribution >= 4 is 23.8 Å². The van der Waals surface area contributed by atoms with Crippen LogP contribution < -0.4 is 0 Å². The lowest BCUT2D eigenvalue weighted by molar-refractivity contribution is -0.172. The van der Waals surface area contributed by atoms with Crippen molar-refractivity contribution in [3.8, 4) is 0 Å². The molecule has 39 heavy (non-hydrogen) atoms. The van der Waals surface area contributed by atoms with Crippen LogP contribution in [0.2, 0.25) is 0 Å². The smallest absolute Gasteiger partial charge is 0.312 e. The lowest BCUT2D eigenvalue weighted by atomic mass is 9.75. The fraction of sp³-hybridized carbons (Fsp3) is 0.871. The number of hydrogen-bond donors (Lipinski definition) is 0. The van der Waals surface area contributed by atoms with Gasteiger partial charge in [-0.2, -0.15) is 0 Å². The predicted octanol–water partition coefficient (Wildman–Crippen LogP) is 5.08. The molecule has 2 aliphatic heterocycles. The number of carbonyl (C=O) groups excluding carboxylic acids is 4. The van der Waals surface area contributed by atoms with Gasteiger partial charge in [0, 0.05) is 38.0 Å². The standard InChI is InChI=1S/C31H54N2O6/c1-19(2)16-24(32-14-10-12-26(32)34)28(30(36)38-18-23(9)21(5)6)29(31(37)39-22(7)8)25(17-20(3)4)33-15-11-13-27(33)35/h19-25,28-29H,10-18H2,1-9H3. The van der Waals surface area contributed by atoms with Gasteiger partial charge in [-0.25, -0.2) is 0 Å². The van der Waals surface area contributed by atoms with Crippen molar-refractivity contribution in [1.29, 1.82) is 0 Å². The zero-order chi connectivity index (χ0) is 29.4. The van der Waals surface area contributed by atoms with Crippen molar-refractivity contribution in [1.82, 2.24) is 9.80 Å². The van der Waals surface area contributed by atoms with Crippen molar-refractivity contribution in [2.24, 2.45) is 35.5 Å². The zero-order valence-corrected chi connectivity index (χ0v) is 25.9. The summed E-state index contributed by atoms with van der Waals surface area (Å²) in [6.07, 6.45) is 3.03. The van der Waals surface area contributed by atoms with Crippen LogP contribution in [0.15, 0.2) is 0 Å². The number of nitrogens with zero attached hydrogens (tertiary/aromatic N) is 2. The van der Waals surface area contributed by atoms with Crippen molar-refractivity contribution in [3.63, 3.8) is 0 Å². The number of likely N-dealkylation sites (tertiary alicyclic amines) is 2. The van der Waals surface area contributed by atoms with E-state index in [0.717, 1.165) is 12.8 Å². The SMILES string of the molecule is CC(C)CC(C(C(=O)OCC(C)C(C)C)C(C(=O)OC(C)C)C(CC(C)C)N1CCCC1=O)N1CCCC1=O. The van der Waals surface area contributed by atoms with Gasteiger partial charge >= 0.3 is 11.9 Å². The molecule has 0 aromatic rings. The molecule has 5 atom stereocenters. The highest BCUT2D eigenvalue weighted by atomic mass is 16.5. The number of hydrogen-bond acceptors (Lipinski definition) is 6. The van der Waals surface area contributed by atoms with Crippen LogP contribution in [0.1, 0.15) is 101 Å². The molecule has 0 spiro atoms. The fourth-order valence-electron chi connectivity index (χ4n) is 5.84. The first-order chi connectivity index (χ1) is 18.2. The van der Waals surface area contributed by atoms with Gasteiger partial charge in [-0.1, -0.05) is 48.5 Å². The Labute approximate surface area is 236 Å². The number of amides is 2. The van der Waals surface area contributed by atoms with E-state index in [1.165, 1.54) is 0 Å². The van der Waals surface area contributed by atoms with Gasteiger partial charge in [0.2, 0.25) is 11.8 Å². The minimum absolute atomic E-state index is 0.00111. The Kier molecular flexibility index (Phi) is 12.8. The third kappa shape index (κ3) is 9.21. The molecular formula is C31H54N2O6. The summed E-state index contributed by atoms with van der Waals surface area (Å²) in [5, 5.41) is 0. The third-order valence-electron chi connectivity index (χ3n) is 8.19. The first-order valence-corrected chi connectivity index (χ1v) is 15.2. The first-order valence-electron chi connectivity index (χ1n) is 15.2. The van der Waals surface area contributed by atoms with E-state index >= 15 is 0 Å². The number of rotatable bonds is 15. The summed E-state index contributed by atoms with van der Waals surface area (Å²) in [4.78, 5) is 58.0. The molecule has 0 aromatic carbocycles. The summed E-state index contributed by atoms with van der Waals surface area (Å²) < 4.78 is 11.8. The highest BCUT2D eigenvalue weighted by molar-refractivity contribution is 5.86. The molecule has 2 heterocycles. The molecule has 224 valence electrons. The Balaban J connectivity index is 2.70. The summed E-state index contributed by atoms with van der Waals surface area (Å²) >= 11 is 0. The average molecular weight is 551 g/mol. The molecule has 2 fully saturated rings. The van der Waals surface area contributed by atoms with Crippen LogP contribution in [-0.2, 0) is 28.7 Å². The predicted molar refractivity (Wildman–Crippen MR) is 152 cm³/mol. The van der Waals surface area contributed by atoms with Gasteiger partial charge in [0.05, 0.1) is 24.5 Å². The minimum Gasteiger partial charge on any atom is -0.465 e. The summed E-state index contributed by atoms with van der Waals surface area (Å²) in [6, 6.07) is -1.03. The normalized spacial score (nSPS) is 20.2. The lowest BCUT2D eigenvalue weighted by Crippen LogP contribution is -2.57. The molecular weight excluding hydrogens is 496 g/mol. The molecule has 2 aliphatic rings. The Bertz CT molecular complexity index is 839. The molecule has 0 aliphatic carbocycles. The molecule has 0 saturated carbocycles. The maximum absolute atomic E-state index is 14.2. The maximum atomic E-state index is 14.2. The van der Waals surface area contributed by atoms with Crippen LogP contribution in [-0.4, -0.2) is 71.4 Å². The van der Waals surface area contributed by atoms with E-state index in [1.54, 1.807) is 23.6 Å². The van der Waals surface area contributed by atoms with Gasteiger partial charge in [-0.05, 0) is 63.2 Å². The Morgan fingerprint density at radius 2 is 1.15 bits per heavy atom. The zero-order valence-electron chi connectivity index (χ0n) is 25.9. The Morgan fingerprint density at radius 1 is 0.718 bits per heavy atom. The highest BCUT2D eigenvalue weighted by Crippen LogP contribution is 2.37. The molecule has 2 rings (SSSR count). The highest BCUT2D eigenvalue weighted by Gasteiger charge is 2.51. The van der Waals surface area contributed by atoms with Gasteiger partial charge in [0.15, 0.2) is 0 Å². The molecule has 2 saturated heterocycles. The fourth-order valence-corrected chi connectivity index (χ4v) is 5.84. The number of carbonyl (C=O) groups is 4. The van der Waals surface area contributed by atoms with Crippen LogP contribution >= 0.6 is 0 Å². The van der Waals surface area contributed by atoms with E-state index in [2.05, 4.69) is 41.5 Å². The van der Waals surface area contributed by atoms with Gasteiger partial charge in [-0.15, -0.1) is 0 Å². The average Bonchev–Trinajstić information content (AvgIpc) is 3.44. The van der Waals surface area contributed by atoms with Crippen LogP contribution in [0, 0.1) is 35.5 Å². The van der Waals surface area contributed by atoms with Gasteiger partial charge in [0.1, 0.15) is 0 Å². The second-order valence-corrected chi connectivity index (χ2v) is 13.2.